The summed E-state index contributed by atoms with van der Waals surface area (Å²) in [4.78, 5) is 13.8. The molecule has 24 heavy (non-hydrogen) atoms. The Balaban J connectivity index is 1.99. The van der Waals surface area contributed by atoms with E-state index < -0.39 is 20.6 Å². The van der Waals surface area contributed by atoms with E-state index in [-0.39, 0.29) is 23.7 Å². The van der Waals surface area contributed by atoms with Gasteiger partial charge in [-0.15, -0.1) is 0 Å². The summed E-state index contributed by atoms with van der Waals surface area (Å²) in [6.45, 7) is 0.189. The van der Waals surface area contributed by atoms with Crippen molar-refractivity contribution in [1.29, 1.82) is 5.26 Å². The van der Waals surface area contributed by atoms with E-state index in [1.54, 1.807) is 18.2 Å². The minimum atomic E-state index is -4.01. The van der Waals surface area contributed by atoms with Crippen LogP contribution in [-0.4, -0.2) is 31.4 Å². The van der Waals surface area contributed by atoms with Gasteiger partial charge in [-0.05, 0) is 18.2 Å². The van der Waals surface area contributed by atoms with Crippen molar-refractivity contribution in [2.45, 2.75) is 4.90 Å². The van der Waals surface area contributed by atoms with E-state index in [2.05, 4.69) is 15.0 Å². The Hall–Kier alpha value is -3.03. The lowest BCUT2D eigenvalue weighted by Crippen LogP contribution is -2.29. The number of nitro groups is 1. The van der Waals surface area contributed by atoms with Crippen molar-refractivity contribution in [3.8, 4) is 6.07 Å². The van der Waals surface area contributed by atoms with Gasteiger partial charge in [-0.3, -0.25) is 10.1 Å². The summed E-state index contributed by atoms with van der Waals surface area (Å²) in [5.74, 6) is 0.430. The zero-order valence-corrected chi connectivity index (χ0v) is 13.2. The largest absolute Gasteiger partial charge is 0.369 e. The van der Waals surface area contributed by atoms with Gasteiger partial charge in [-0.2, -0.15) is 5.26 Å². The highest BCUT2D eigenvalue weighted by Gasteiger charge is 2.24. The monoisotopic (exact) mass is 347 g/mol. The van der Waals surface area contributed by atoms with Crippen LogP contribution in [-0.2, 0) is 10.0 Å². The molecule has 1 aromatic carbocycles. The maximum Gasteiger partial charge on any atom is 0.289 e. The summed E-state index contributed by atoms with van der Waals surface area (Å²) >= 11 is 0. The SMILES string of the molecule is N#Cc1cccc(NCCNS(=O)(=O)c2ccccc2[N+](=O)[O-])n1. The molecule has 0 unspecified atom stereocenters. The molecule has 0 saturated carbocycles. The van der Waals surface area contributed by atoms with Crippen LogP contribution in [0.15, 0.2) is 47.4 Å². The lowest BCUT2D eigenvalue weighted by atomic mass is 10.3. The van der Waals surface area contributed by atoms with Gasteiger partial charge in [0.05, 0.1) is 4.92 Å². The van der Waals surface area contributed by atoms with E-state index in [4.69, 9.17) is 5.26 Å². The van der Waals surface area contributed by atoms with Crippen molar-refractivity contribution in [3.05, 3.63) is 58.3 Å². The van der Waals surface area contributed by atoms with Gasteiger partial charge < -0.3 is 5.32 Å². The number of hydrogen-bond donors (Lipinski definition) is 2. The minimum Gasteiger partial charge on any atom is -0.369 e. The third kappa shape index (κ3) is 4.25. The van der Waals surface area contributed by atoms with Crippen LogP contribution in [0.25, 0.3) is 0 Å². The van der Waals surface area contributed by atoms with E-state index >= 15 is 0 Å². The fraction of sp³-hybridized carbons (Fsp3) is 0.143. The van der Waals surface area contributed by atoms with Gasteiger partial charge in [0.15, 0.2) is 4.90 Å². The van der Waals surface area contributed by atoms with Gasteiger partial charge in [-0.1, -0.05) is 18.2 Å². The van der Waals surface area contributed by atoms with Crippen LogP contribution in [0.2, 0.25) is 0 Å². The number of nitro benzene ring substituents is 1. The number of anilines is 1. The quantitative estimate of drug-likeness (QED) is 0.436. The Kier molecular flexibility index (Phi) is 5.41. The smallest absolute Gasteiger partial charge is 0.289 e. The fourth-order valence-electron chi connectivity index (χ4n) is 1.88. The number of pyridine rings is 1. The number of nitrogens with one attached hydrogen (secondary N) is 2. The van der Waals surface area contributed by atoms with E-state index in [1.807, 2.05) is 6.07 Å². The predicted octanol–water partition coefficient (Wildman–Crippen LogP) is 1.25. The van der Waals surface area contributed by atoms with Crippen molar-refractivity contribution < 1.29 is 13.3 Å². The van der Waals surface area contributed by atoms with Crippen LogP contribution in [0.1, 0.15) is 5.69 Å². The molecule has 0 aliphatic rings. The van der Waals surface area contributed by atoms with Gasteiger partial charge in [0.1, 0.15) is 17.6 Å². The number of benzene rings is 1. The summed E-state index contributed by atoms with van der Waals surface area (Å²) in [5, 5.41) is 22.5. The number of rotatable bonds is 7. The second-order valence-corrected chi connectivity index (χ2v) is 6.30. The molecule has 2 rings (SSSR count). The molecule has 0 saturated heterocycles. The fourth-order valence-corrected chi connectivity index (χ4v) is 3.09. The van der Waals surface area contributed by atoms with Crippen molar-refractivity contribution >= 4 is 21.5 Å². The number of aromatic nitrogens is 1. The third-order valence-corrected chi connectivity index (χ3v) is 4.45. The van der Waals surface area contributed by atoms with Crippen molar-refractivity contribution in [2.75, 3.05) is 18.4 Å². The number of nitriles is 1. The first-order valence-corrected chi connectivity index (χ1v) is 8.26. The Bertz CT molecular complexity index is 892. The Morgan fingerprint density at radius 1 is 1.17 bits per heavy atom. The minimum absolute atomic E-state index is 0.00710. The van der Waals surface area contributed by atoms with E-state index in [0.717, 1.165) is 6.07 Å². The standard InChI is InChI=1S/C14H13N5O4S/c15-10-11-4-3-7-14(18-11)16-8-9-17-24(22,23)13-6-2-1-5-12(13)19(20)21/h1-7,17H,8-9H2,(H,16,18). The number of sulfonamides is 1. The molecule has 124 valence electrons. The predicted molar refractivity (Wildman–Crippen MR) is 85.7 cm³/mol. The first kappa shape index (κ1) is 17.3. The molecule has 1 heterocycles. The van der Waals surface area contributed by atoms with E-state index in [0.29, 0.717) is 5.82 Å². The highest BCUT2D eigenvalue weighted by molar-refractivity contribution is 7.89. The average molecular weight is 347 g/mol. The van der Waals surface area contributed by atoms with Crippen LogP contribution >= 0.6 is 0 Å². The van der Waals surface area contributed by atoms with Gasteiger partial charge in [0.25, 0.3) is 5.69 Å². The molecule has 0 fully saturated rings. The Labute approximate surface area is 138 Å². The van der Waals surface area contributed by atoms with E-state index in [9.17, 15) is 18.5 Å². The second kappa shape index (κ2) is 7.49. The lowest BCUT2D eigenvalue weighted by Gasteiger charge is -2.08. The molecular weight excluding hydrogens is 334 g/mol. The number of hydrogen-bond acceptors (Lipinski definition) is 7. The van der Waals surface area contributed by atoms with Crippen LogP contribution < -0.4 is 10.0 Å². The summed E-state index contributed by atoms with van der Waals surface area (Å²) < 4.78 is 26.6. The topological polar surface area (TPSA) is 138 Å². The molecular formula is C14H13N5O4S. The molecule has 0 aliphatic heterocycles. The average Bonchev–Trinajstić information content (AvgIpc) is 2.59. The maximum absolute atomic E-state index is 12.2. The second-order valence-electron chi connectivity index (χ2n) is 4.57. The Morgan fingerprint density at radius 3 is 2.62 bits per heavy atom. The molecule has 2 N–H and O–H groups in total. The normalized spacial score (nSPS) is 10.8. The summed E-state index contributed by atoms with van der Waals surface area (Å²) in [5.41, 5.74) is -0.248. The summed E-state index contributed by atoms with van der Waals surface area (Å²) in [6.07, 6.45) is 0. The highest BCUT2D eigenvalue weighted by atomic mass is 32.2. The van der Waals surface area contributed by atoms with Crippen molar-refractivity contribution in [2.24, 2.45) is 0 Å². The van der Waals surface area contributed by atoms with Crippen molar-refractivity contribution in [1.82, 2.24) is 9.71 Å². The molecule has 0 spiro atoms. The van der Waals surface area contributed by atoms with Crippen molar-refractivity contribution in [3.63, 3.8) is 0 Å². The zero-order valence-electron chi connectivity index (χ0n) is 12.3. The summed E-state index contributed by atoms with van der Waals surface area (Å²) in [7, 11) is -4.01. The van der Waals surface area contributed by atoms with Crippen LogP contribution in [0.3, 0.4) is 0 Å². The molecule has 0 atom stereocenters. The third-order valence-electron chi connectivity index (χ3n) is 2.94. The van der Waals surface area contributed by atoms with Crippen LogP contribution in [0.5, 0.6) is 0 Å². The molecule has 1 aromatic heterocycles. The first-order chi connectivity index (χ1) is 11.4. The molecule has 10 heteroatoms. The first-order valence-electron chi connectivity index (χ1n) is 6.78. The molecule has 9 nitrogen and oxygen atoms in total. The number of nitrogens with zero attached hydrogens (tertiary/aromatic N) is 3. The van der Waals surface area contributed by atoms with Gasteiger partial charge in [0.2, 0.25) is 10.0 Å². The molecule has 0 radical (unpaired) electrons. The molecule has 2 aromatic rings. The van der Waals surface area contributed by atoms with E-state index in [1.165, 1.54) is 18.2 Å². The molecule has 0 bridgehead atoms. The van der Waals surface area contributed by atoms with Gasteiger partial charge in [0, 0.05) is 19.2 Å². The number of para-hydroxylation sites is 1. The van der Waals surface area contributed by atoms with Gasteiger partial charge >= 0.3 is 0 Å². The zero-order chi connectivity index (χ0) is 17.6. The van der Waals surface area contributed by atoms with Crippen LogP contribution in [0, 0.1) is 21.4 Å². The molecule has 0 amide bonds. The molecule has 0 aliphatic carbocycles. The lowest BCUT2D eigenvalue weighted by molar-refractivity contribution is -0.387. The summed E-state index contributed by atoms with van der Waals surface area (Å²) in [6, 6.07) is 11.8. The Morgan fingerprint density at radius 2 is 1.92 bits per heavy atom. The maximum atomic E-state index is 12.2. The van der Waals surface area contributed by atoms with Gasteiger partial charge in [-0.25, -0.2) is 18.1 Å². The highest BCUT2D eigenvalue weighted by Crippen LogP contribution is 2.22. The van der Waals surface area contributed by atoms with Crippen LogP contribution in [0.4, 0.5) is 11.5 Å².